The van der Waals surface area contributed by atoms with Gasteiger partial charge in [0.05, 0.1) is 37.6 Å². The van der Waals surface area contributed by atoms with E-state index >= 15 is 0 Å². The summed E-state index contributed by atoms with van der Waals surface area (Å²) in [4.78, 5) is 21.0. The van der Waals surface area contributed by atoms with Gasteiger partial charge in [-0.05, 0) is 36.8 Å². The third kappa shape index (κ3) is 4.92. The lowest BCUT2D eigenvalue weighted by molar-refractivity contribution is -0.113. The highest BCUT2D eigenvalue weighted by Crippen LogP contribution is 2.27. The summed E-state index contributed by atoms with van der Waals surface area (Å²) in [7, 11) is 1.57. The van der Waals surface area contributed by atoms with Crippen molar-refractivity contribution in [2.75, 3.05) is 18.2 Å². The van der Waals surface area contributed by atoms with Crippen molar-refractivity contribution in [3.05, 3.63) is 66.5 Å². The van der Waals surface area contributed by atoms with Gasteiger partial charge >= 0.3 is 0 Å². The molecule has 4 rings (SSSR count). The molecule has 0 saturated carbocycles. The van der Waals surface area contributed by atoms with E-state index in [-0.39, 0.29) is 11.7 Å². The molecule has 1 aromatic carbocycles. The maximum absolute atomic E-state index is 12.6. The van der Waals surface area contributed by atoms with Crippen LogP contribution >= 0.6 is 11.8 Å². The van der Waals surface area contributed by atoms with Gasteiger partial charge in [0.25, 0.3) is 0 Å². The maximum atomic E-state index is 12.6. The second-order valence-corrected chi connectivity index (χ2v) is 7.55. The quantitative estimate of drug-likeness (QED) is 0.419. The zero-order valence-corrected chi connectivity index (χ0v) is 17.8. The zero-order chi connectivity index (χ0) is 21.6. The Bertz CT molecular complexity index is 1160. The third-order valence-corrected chi connectivity index (χ3v) is 5.33. The van der Waals surface area contributed by atoms with Crippen molar-refractivity contribution in [1.29, 1.82) is 0 Å². The summed E-state index contributed by atoms with van der Waals surface area (Å²) in [5.41, 5.74) is 2.24. The van der Waals surface area contributed by atoms with E-state index in [1.165, 1.54) is 11.8 Å². The Hall–Kier alpha value is -3.66. The van der Waals surface area contributed by atoms with Crippen LogP contribution in [0.3, 0.4) is 0 Å². The number of nitrogens with zero attached hydrogens (tertiary/aromatic N) is 5. The van der Waals surface area contributed by atoms with Gasteiger partial charge in [-0.15, -0.1) is 10.2 Å². The lowest BCUT2D eigenvalue weighted by Crippen LogP contribution is -2.15. The summed E-state index contributed by atoms with van der Waals surface area (Å²) < 4.78 is 12.7. The number of benzene rings is 1. The molecule has 0 aliphatic carbocycles. The predicted octanol–water partition coefficient (Wildman–Crippen LogP) is 3.42. The number of amides is 1. The van der Waals surface area contributed by atoms with Crippen LogP contribution < -0.4 is 10.1 Å². The molecule has 0 fully saturated rings. The molecule has 0 unspecified atom stereocenters. The van der Waals surface area contributed by atoms with Crippen LogP contribution in [0.5, 0.6) is 5.75 Å². The molecule has 0 aliphatic rings. The SMILES string of the molecule is COc1ccc(C)cc1NC(=O)CSc1nnc(-c2cnccn2)n1Cc1ccco1. The second-order valence-electron chi connectivity index (χ2n) is 6.60. The van der Waals surface area contributed by atoms with Crippen LogP contribution in [-0.2, 0) is 11.3 Å². The van der Waals surface area contributed by atoms with Crippen molar-refractivity contribution in [1.82, 2.24) is 24.7 Å². The average Bonchev–Trinajstić information content (AvgIpc) is 3.43. The molecule has 0 bridgehead atoms. The number of hydrogen-bond donors (Lipinski definition) is 1. The fraction of sp³-hybridized carbons (Fsp3) is 0.190. The van der Waals surface area contributed by atoms with Gasteiger partial charge in [0.15, 0.2) is 11.0 Å². The largest absolute Gasteiger partial charge is 0.495 e. The summed E-state index contributed by atoms with van der Waals surface area (Å²) in [6, 6.07) is 9.30. The fourth-order valence-electron chi connectivity index (χ4n) is 2.94. The van der Waals surface area contributed by atoms with Crippen molar-refractivity contribution in [2.24, 2.45) is 0 Å². The van der Waals surface area contributed by atoms with Crippen LogP contribution in [0, 0.1) is 6.92 Å². The molecule has 10 heteroatoms. The molecule has 0 aliphatic heterocycles. The second kappa shape index (κ2) is 9.43. The van der Waals surface area contributed by atoms with E-state index in [0.717, 1.165) is 11.3 Å². The van der Waals surface area contributed by atoms with E-state index in [1.54, 1.807) is 32.0 Å². The average molecular weight is 436 g/mol. The summed E-state index contributed by atoms with van der Waals surface area (Å²) >= 11 is 1.28. The first-order chi connectivity index (χ1) is 15.1. The molecule has 0 radical (unpaired) electrons. The molecular weight excluding hydrogens is 416 g/mol. The van der Waals surface area contributed by atoms with Gasteiger partial charge in [-0.1, -0.05) is 17.8 Å². The molecule has 3 aromatic heterocycles. The summed E-state index contributed by atoms with van der Waals surface area (Å²) in [6.07, 6.45) is 6.41. The minimum Gasteiger partial charge on any atom is -0.495 e. The summed E-state index contributed by atoms with van der Waals surface area (Å²) in [5, 5.41) is 12.0. The van der Waals surface area contributed by atoms with Crippen LogP contribution in [-0.4, -0.2) is 43.5 Å². The number of anilines is 1. The topological polar surface area (TPSA) is 108 Å². The molecule has 31 heavy (non-hydrogen) atoms. The number of thioether (sulfide) groups is 1. The number of carbonyl (C=O) groups is 1. The molecule has 0 spiro atoms. The molecule has 1 N–H and O–H groups in total. The van der Waals surface area contributed by atoms with Gasteiger partial charge in [-0.3, -0.25) is 14.3 Å². The van der Waals surface area contributed by atoms with Crippen molar-refractivity contribution in [3.8, 4) is 17.3 Å². The van der Waals surface area contributed by atoms with Crippen molar-refractivity contribution < 1.29 is 13.9 Å². The number of methoxy groups -OCH3 is 1. The van der Waals surface area contributed by atoms with Crippen LogP contribution in [0.15, 0.2) is 64.8 Å². The molecule has 0 saturated heterocycles. The Labute approximate surface area is 182 Å². The number of ether oxygens (including phenoxy) is 1. The Balaban J connectivity index is 1.52. The van der Waals surface area contributed by atoms with Gasteiger partial charge in [0.2, 0.25) is 5.91 Å². The lowest BCUT2D eigenvalue weighted by atomic mass is 10.2. The van der Waals surface area contributed by atoms with Crippen LogP contribution in [0.4, 0.5) is 5.69 Å². The monoisotopic (exact) mass is 436 g/mol. The summed E-state index contributed by atoms with van der Waals surface area (Å²) in [5.74, 6) is 1.86. The first-order valence-electron chi connectivity index (χ1n) is 9.43. The van der Waals surface area contributed by atoms with E-state index in [0.29, 0.717) is 34.7 Å². The molecule has 1 amide bonds. The van der Waals surface area contributed by atoms with E-state index in [2.05, 4.69) is 25.5 Å². The Morgan fingerprint density at radius 2 is 2.16 bits per heavy atom. The molecule has 4 aromatic rings. The number of carbonyl (C=O) groups excluding carboxylic acids is 1. The van der Waals surface area contributed by atoms with Gasteiger partial charge in [0, 0.05) is 12.4 Å². The van der Waals surface area contributed by atoms with E-state index in [1.807, 2.05) is 41.8 Å². The first-order valence-corrected chi connectivity index (χ1v) is 10.4. The van der Waals surface area contributed by atoms with E-state index in [4.69, 9.17) is 9.15 Å². The van der Waals surface area contributed by atoms with E-state index < -0.39 is 0 Å². The minimum atomic E-state index is -0.178. The fourth-order valence-corrected chi connectivity index (χ4v) is 3.67. The Kier molecular flexibility index (Phi) is 6.27. The van der Waals surface area contributed by atoms with Crippen LogP contribution in [0.1, 0.15) is 11.3 Å². The predicted molar refractivity (Wildman–Crippen MR) is 116 cm³/mol. The number of furan rings is 1. The van der Waals surface area contributed by atoms with Gasteiger partial charge in [-0.2, -0.15) is 0 Å². The standard InChI is InChI=1S/C21H20N6O3S/c1-14-5-6-18(29-2)16(10-14)24-19(28)13-31-21-26-25-20(17-11-22-7-8-23-17)27(21)12-15-4-3-9-30-15/h3-11H,12-13H2,1-2H3,(H,24,28). The van der Waals surface area contributed by atoms with Crippen molar-refractivity contribution in [2.45, 2.75) is 18.6 Å². The molecule has 3 heterocycles. The molecular formula is C21H20N6O3S. The third-order valence-electron chi connectivity index (χ3n) is 4.36. The lowest BCUT2D eigenvalue weighted by Gasteiger charge is -2.11. The molecule has 9 nitrogen and oxygen atoms in total. The maximum Gasteiger partial charge on any atom is 0.234 e. The number of aryl methyl sites for hydroxylation is 1. The van der Waals surface area contributed by atoms with Gasteiger partial charge in [0.1, 0.15) is 17.2 Å². The highest BCUT2D eigenvalue weighted by Gasteiger charge is 2.18. The summed E-state index contributed by atoms with van der Waals surface area (Å²) in [6.45, 7) is 2.36. The van der Waals surface area contributed by atoms with Crippen molar-refractivity contribution in [3.63, 3.8) is 0 Å². The van der Waals surface area contributed by atoms with Crippen LogP contribution in [0.2, 0.25) is 0 Å². The number of aromatic nitrogens is 5. The van der Waals surface area contributed by atoms with E-state index in [9.17, 15) is 4.79 Å². The van der Waals surface area contributed by atoms with Crippen molar-refractivity contribution >= 4 is 23.4 Å². The highest BCUT2D eigenvalue weighted by atomic mass is 32.2. The smallest absolute Gasteiger partial charge is 0.234 e. The Morgan fingerprint density at radius 1 is 1.26 bits per heavy atom. The first kappa shape index (κ1) is 20.6. The van der Waals surface area contributed by atoms with Crippen LogP contribution in [0.25, 0.3) is 11.5 Å². The Morgan fingerprint density at radius 3 is 2.90 bits per heavy atom. The molecule has 158 valence electrons. The highest BCUT2D eigenvalue weighted by molar-refractivity contribution is 7.99. The van der Waals surface area contributed by atoms with Gasteiger partial charge in [-0.25, -0.2) is 4.98 Å². The number of hydrogen-bond acceptors (Lipinski definition) is 8. The zero-order valence-electron chi connectivity index (χ0n) is 17.0. The molecule has 0 atom stereocenters. The minimum absolute atomic E-state index is 0.147. The number of nitrogens with one attached hydrogen (secondary N) is 1. The number of rotatable bonds is 8. The van der Waals surface area contributed by atoms with Gasteiger partial charge < -0.3 is 14.5 Å². The normalized spacial score (nSPS) is 10.8.